The maximum absolute atomic E-state index is 12.4. The van der Waals surface area contributed by atoms with Gasteiger partial charge in [0, 0.05) is 51.7 Å². The fraction of sp³-hybridized carbons (Fsp3) is 0.619. The second-order valence-corrected chi connectivity index (χ2v) is 8.62. The van der Waals surface area contributed by atoms with Crippen LogP contribution in [0.2, 0.25) is 13.6 Å². The van der Waals surface area contributed by atoms with Crippen molar-refractivity contribution >= 4 is 31.6 Å². The highest BCUT2D eigenvalue weighted by molar-refractivity contribution is 6.45. The van der Waals surface area contributed by atoms with E-state index >= 15 is 0 Å². The van der Waals surface area contributed by atoms with Crippen molar-refractivity contribution in [1.82, 2.24) is 24.8 Å². The second-order valence-electron chi connectivity index (χ2n) is 8.62. The third-order valence-corrected chi connectivity index (χ3v) is 6.03. The number of aromatic nitrogens is 1. The first-order valence-corrected chi connectivity index (χ1v) is 11.4. The number of hydrogen-bond donors (Lipinski definition) is 3. The summed E-state index contributed by atoms with van der Waals surface area (Å²) in [6.45, 7) is 10.1. The molecule has 1 aromatic heterocycles. The molecule has 3 heterocycles. The Labute approximate surface area is 196 Å². The normalized spacial score (nSPS) is 21.6. The summed E-state index contributed by atoms with van der Waals surface area (Å²) in [6, 6.07) is 3.04. The quantitative estimate of drug-likeness (QED) is 0.450. The lowest BCUT2D eigenvalue weighted by Gasteiger charge is -2.40. The van der Waals surface area contributed by atoms with Crippen molar-refractivity contribution in [2.75, 3.05) is 39.3 Å². The van der Waals surface area contributed by atoms with Crippen LogP contribution in [-0.2, 0) is 20.8 Å². The molecule has 2 saturated heterocycles. The smallest absolute Gasteiger partial charge is 0.376 e. The van der Waals surface area contributed by atoms with Crippen molar-refractivity contribution in [1.29, 1.82) is 0 Å². The van der Waals surface area contributed by atoms with E-state index in [1.165, 1.54) is 6.92 Å². The van der Waals surface area contributed by atoms with Crippen LogP contribution in [0.15, 0.2) is 24.5 Å². The van der Waals surface area contributed by atoms with Crippen LogP contribution in [0, 0.1) is 0 Å². The number of nitrogens with zero attached hydrogens (tertiary/aromatic N) is 4. The van der Waals surface area contributed by atoms with Crippen LogP contribution in [0.4, 0.5) is 0 Å². The van der Waals surface area contributed by atoms with Gasteiger partial charge in [-0.15, -0.1) is 0 Å². The minimum atomic E-state index is -0.609. The number of carbonyl (C=O) groups is 3. The van der Waals surface area contributed by atoms with E-state index in [0.29, 0.717) is 26.2 Å². The Morgan fingerprint density at radius 3 is 2.27 bits per heavy atom. The van der Waals surface area contributed by atoms with Crippen LogP contribution in [0.5, 0.6) is 0 Å². The topological polar surface area (TPSA) is 126 Å². The van der Waals surface area contributed by atoms with Gasteiger partial charge in [-0.1, -0.05) is 6.07 Å². The van der Waals surface area contributed by atoms with Gasteiger partial charge in [0.2, 0.25) is 5.91 Å². The minimum absolute atomic E-state index is 0.0557. The summed E-state index contributed by atoms with van der Waals surface area (Å²) in [5, 5.41) is 22.0. The van der Waals surface area contributed by atoms with Gasteiger partial charge in [0.1, 0.15) is 11.8 Å². The van der Waals surface area contributed by atoms with Crippen molar-refractivity contribution < 1.29 is 24.4 Å². The van der Waals surface area contributed by atoms with Gasteiger partial charge in [-0.3, -0.25) is 19.4 Å². The van der Waals surface area contributed by atoms with Gasteiger partial charge < -0.3 is 29.9 Å². The van der Waals surface area contributed by atoms with Gasteiger partial charge in [0.05, 0.1) is 12.5 Å². The van der Waals surface area contributed by atoms with E-state index in [9.17, 15) is 24.4 Å². The predicted octanol–water partition coefficient (Wildman–Crippen LogP) is -1.20. The molecule has 0 saturated carbocycles. The maximum atomic E-state index is 12.4. The molecule has 1 aromatic rings. The Bertz CT molecular complexity index is 799. The number of rotatable bonds is 6. The monoisotopic (exact) mass is 459 g/mol. The van der Waals surface area contributed by atoms with Crippen molar-refractivity contribution in [2.45, 2.75) is 46.0 Å². The number of carbonyl (C=O) groups excluding carboxylic acids is 3. The van der Waals surface area contributed by atoms with Crippen LogP contribution in [0.1, 0.15) is 19.4 Å². The zero-order valence-electron chi connectivity index (χ0n) is 20.0. The molecule has 0 aliphatic carbocycles. The summed E-state index contributed by atoms with van der Waals surface area (Å²) in [5.41, 5.74) is 0.836. The number of nitrogens with one attached hydrogen (secondary N) is 1. The highest BCUT2D eigenvalue weighted by atomic mass is 16.2. The molecule has 1 amide bonds. The number of hydrogen-bond acceptors (Lipinski definition) is 9. The van der Waals surface area contributed by atoms with E-state index in [4.69, 9.17) is 0 Å². The molecule has 0 radical (unpaired) electrons. The molecule has 2 aliphatic heterocycles. The number of amides is 1. The van der Waals surface area contributed by atoms with E-state index in [0.717, 1.165) is 18.7 Å². The molecule has 12 heteroatoms. The summed E-state index contributed by atoms with van der Waals surface area (Å²) >= 11 is 0. The summed E-state index contributed by atoms with van der Waals surface area (Å²) in [5.74, 6) is 0.00804. The van der Waals surface area contributed by atoms with Crippen LogP contribution in [-0.4, -0.2) is 112 Å². The molecule has 2 atom stereocenters. The van der Waals surface area contributed by atoms with Crippen LogP contribution < -0.4 is 5.32 Å². The average Bonchev–Trinajstić information content (AvgIpc) is 2.79. The van der Waals surface area contributed by atoms with Crippen LogP contribution >= 0.6 is 0 Å². The van der Waals surface area contributed by atoms with Crippen molar-refractivity contribution in [3.63, 3.8) is 0 Å². The van der Waals surface area contributed by atoms with Crippen LogP contribution in [0.3, 0.4) is 0 Å². The third kappa shape index (κ3) is 8.31. The second kappa shape index (κ2) is 13.0. The molecule has 2 unspecified atom stereocenters. The Morgan fingerprint density at radius 2 is 1.73 bits per heavy atom. The zero-order chi connectivity index (χ0) is 24.5. The summed E-state index contributed by atoms with van der Waals surface area (Å²) < 4.78 is 0. The molecule has 2 fully saturated rings. The summed E-state index contributed by atoms with van der Waals surface area (Å²) in [4.78, 5) is 44.5. The Hall–Kier alpha value is -2.11. The van der Waals surface area contributed by atoms with Crippen molar-refractivity contribution in [3.05, 3.63) is 30.1 Å². The molecule has 3 rings (SSSR count). The van der Waals surface area contributed by atoms with E-state index in [1.807, 2.05) is 10.9 Å². The molecule has 0 aromatic carbocycles. The molecular formula is C21H35B2N5O5. The lowest BCUT2D eigenvalue weighted by molar-refractivity contribution is -0.140. The van der Waals surface area contributed by atoms with Crippen molar-refractivity contribution in [3.8, 4) is 0 Å². The molecule has 180 valence electrons. The molecule has 10 nitrogen and oxygen atoms in total. The first-order valence-electron chi connectivity index (χ1n) is 11.4. The van der Waals surface area contributed by atoms with Crippen molar-refractivity contribution in [2.24, 2.45) is 0 Å². The van der Waals surface area contributed by atoms with Gasteiger partial charge in [-0.05, 0) is 39.1 Å². The number of ketones is 2. The van der Waals surface area contributed by atoms with Gasteiger partial charge in [-0.25, -0.2) is 0 Å². The first kappa shape index (κ1) is 27.1. The molecule has 0 bridgehead atoms. The third-order valence-electron chi connectivity index (χ3n) is 6.03. The van der Waals surface area contributed by atoms with Gasteiger partial charge in [0.15, 0.2) is 5.78 Å². The standard InChI is InChI=1S/C14H20BN3O3.C7H15BN2O2/c1-11(19)13-10-17(15(2)21)6-7-18(13)14(20)8-12-4-3-5-16-9-12;1-6(11)7-5-10(8(2)12)4-3-9-7/h3-5,9,13,21H,6-8,10H2,1-2H3;7,9,12H,3-5H2,1-2H3. The first-order chi connectivity index (χ1) is 15.6. The zero-order valence-corrected chi connectivity index (χ0v) is 20.0. The van der Waals surface area contributed by atoms with E-state index in [-0.39, 0.29) is 29.9 Å². The lowest BCUT2D eigenvalue weighted by atomic mass is 9.83. The largest absolute Gasteiger partial charge is 0.437 e. The molecular weight excluding hydrogens is 424 g/mol. The summed E-state index contributed by atoms with van der Waals surface area (Å²) in [6.07, 6.45) is 3.56. The van der Waals surface area contributed by atoms with E-state index < -0.39 is 20.1 Å². The van der Waals surface area contributed by atoms with Gasteiger partial charge >= 0.3 is 14.1 Å². The molecule has 3 N–H and O–H groups in total. The van der Waals surface area contributed by atoms with Gasteiger partial charge in [0.25, 0.3) is 0 Å². The lowest BCUT2D eigenvalue weighted by Crippen LogP contribution is -2.60. The highest BCUT2D eigenvalue weighted by Gasteiger charge is 2.35. The fourth-order valence-corrected chi connectivity index (χ4v) is 3.95. The maximum Gasteiger partial charge on any atom is 0.376 e. The average molecular weight is 459 g/mol. The Balaban J connectivity index is 0.000000273. The van der Waals surface area contributed by atoms with Crippen LogP contribution in [0.25, 0.3) is 0 Å². The number of pyridine rings is 1. The Morgan fingerprint density at radius 1 is 1.06 bits per heavy atom. The number of Topliss-reactive ketones (excluding diaryl/α,β-unsaturated/α-hetero) is 2. The highest BCUT2D eigenvalue weighted by Crippen LogP contribution is 2.14. The van der Waals surface area contributed by atoms with E-state index in [1.54, 1.807) is 48.7 Å². The molecule has 33 heavy (non-hydrogen) atoms. The summed E-state index contributed by atoms with van der Waals surface area (Å²) in [7, 11) is -1.06. The molecule has 2 aliphatic rings. The Kier molecular flexibility index (Phi) is 10.6. The molecule has 0 spiro atoms. The van der Waals surface area contributed by atoms with E-state index in [2.05, 4.69) is 10.3 Å². The fourth-order valence-electron chi connectivity index (χ4n) is 3.95. The van der Waals surface area contributed by atoms with Gasteiger partial charge in [-0.2, -0.15) is 0 Å². The SMILES string of the molecule is CB(O)N1CCN(C(=O)Cc2cccnc2)C(C(C)=O)C1.CB(O)N1CCNC(C(C)=O)C1. The predicted molar refractivity (Wildman–Crippen MR) is 127 cm³/mol. The number of piperazine rings is 2. The minimum Gasteiger partial charge on any atom is -0.437 e.